The lowest BCUT2D eigenvalue weighted by atomic mass is 10.5. The molecule has 0 radical (unpaired) electrons. The van der Waals surface area contributed by atoms with Gasteiger partial charge in [-0.1, -0.05) is 24.4 Å². The average Bonchev–Trinajstić information content (AvgIpc) is 2.44. The van der Waals surface area contributed by atoms with Gasteiger partial charge in [0.2, 0.25) is 0 Å². The van der Waals surface area contributed by atoms with E-state index in [4.69, 9.17) is 44.9 Å². The smallest absolute Gasteiger partial charge is 0.147 e. The molecule has 0 atom stereocenters. The highest BCUT2D eigenvalue weighted by Gasteiger charge is 2.14. The molecule has 0 aromatic heterocycles. The quantitative estimate of drug-likeness (QED) is 0.336. The van der Waals surface area contributed by atoms with Gasteiger partial charge in [-0.15, -0.1) is 0 Å². The Bertz CT molecular complexity index is 256. The highest BCUT2D eigenvalue weighted by molar-refractivity contribution is 8.89. The fraction of sp³-hybridized carbons (Fsp3) is 0.800. The summed E-state index contributed by atoms with van der Waals surface area (Å²) in [6.07, 6.45) is 0. The Labute approximate surface area is 137 Å². The highest BCUT2D eigenvalue weighted by atomic mass is 33.1. The summed E-state index contributed by atoms with van der Waals surface area (Å²) in [7, 11) is 2.52. The first-order valence-electron chi connectivity index (χ1n) is 5.96. The van der Waals surface area contributed by atoms with Gasteiger partial charge in [-0.25, -0.2) is 0 Å². The molecule has 0 aliphatic heterocycles. The molecule has 0 saturated carbocycles. The van der Waals surface area contributed by atoms with Crippen molar-refractivity contribution in [3.63, 3.8) is 0 Å². The molecule has 20 heavy (non-hydrogen) atoms. The van der Waals surface area contributed by atoms with E-state index in [1.807, 2.05) is 0 Å². The van der Waals surface area contributed by atoms with Gasteiger partial charge in [0.05, 0.1) is 26.4 Å². The number of aliphatic hydroxyl groups is 4. The maximum absolute atomic E-state index is 8.93. The first-order chi connectivity index (χ1) is 9.60. The molecule has 0 aliphatic rings. The van der Waals surface area contributed by atoms with E-state index in [0.29, 0.717) is 34.8 Å². The topological polar surface area (TPSA) is 87.4 Å². The monoisotopic (exact) mass is 360 g/mol. The zero-order valence-electron chi connectivity index (χ0n) is 11.0. The van der Waals surface area contributed by atoms with Crippen LogP contribution in [0.5, 0.6) is 0 Å². The van der Waals surface area contributed by atoms with Crippen LogP contribution in [0.1, 0.15) is 0 Å². The van der Waals surface area contributed by atoms with Crippen molar-refractivity contribution in [1.82, 2.24) is 9.80 Å². The average molecular weight is 361 g/mol. The van der Waals surface area contributed by atoms with E-state index in [2.05, 4.69) is 0 Å². The number of rotatable bonds is 8. The van der Waals surface area contributed by atoms with Crippen molar-refractivity contribution in [3.8, 4) is 0 Å². The summed E-state index contributed by atoms with van der Waals surface area (Å²) >= 11 is 10.4. The van der Waals surface area contributed by atoms with E-state index < -0.39 is 0 Å². The minimum Gasteiger partial charge on any atom is -0.395 e. The molecule has 4 N–H and O–H groups in total. The summed E-state index contributed by atoms with van der Waals surface area (Å²) in [5, 5.41) is 35.7. The number of hydrogen-bond donors (Lipinski definition) is 4. The molecule has 0 aromatic carbocycles. The summed E-state index contributed by atoms with van der Waals surface area (Å²) in [4.78, 5) is 3.38. The van der Waals surface area contributed by atoms with Crippen LogP contribution in [0, 0.1) is 0 Å². The van der Waals surface area contributed by atoms with Crippen LogP contribution in [0.15, 0.2) is 0 Å². The van der Waals surface area contributed by atoms with Crippen LogP contribution in [0.4, 0.5) is 0 Å². The Morgan fingerprint density at radius 1 is 0.650 bits per heavy atom. The lowest BCUT2D eigenvalue weighted by molar-refractivity contribution is 0.215. The van der Waals surface area contributed by atoms with E-state index >= 15 is 0 Å². The number of nitrogens with zero attached hydrogens (tertiary/aromatic N) is 2. The van der Waals surface area contributed by atoms with Crippen molar-refractivity contribution in [1.29, 1.82) is 0 Å². The summed E-state index contributed by atoms with van der Waals surface area (Å²) in [6, 6.07) is 0. The van der Waals surface area contributed by atoms with Gasteiger partial charge >= 0.3 is 0 Å². The number of aliphatic hydroxyl groups excluding tert-OH is 4. The van der Waals surface area contributed by atoms with Crippen molar-refractivity contribution in [2.24, 2.45) is 0 Å². The van der Waals surface area contributed by atoms with E-state index in [1.54, 1.807) is 9.80 Å². The van der Waals surface area contributed by atoms with Crippen molar-refractivity contribution >= 4 is 54.7 Å². The molecule has 0 rings (SSSR count). The maximum atomic E-state index is 8.93. The van der Waals surface area contributed by atoms with Crippen molar-refractivity contribution in [3.05, 3.63) is 0 Å². The standard InChI is InChI=1S/C10H20N2O4S4/c13-5-1-11(2-6-14)9(17)19-20-10(18)12(3-7-15)4-8-16/h13-16H,1-8H2. The van der Waals surface area contributed by atoms with Crippen molar-refractivity contribution in [2.45, 2.75) is 0 Å². The normalized spacial score (nSPS) is 10.4. The third-order valence-corrected chi connectivity index (χ3v) is 5.91. The second kappa shape index (κ2) is 13.0. The third kappa shape index (κ3) is 8.57. The van der Waals surface area contributed by atoms with Crippen LogP contribution in [0.25, 0.3) is 0 Å². The van der Waals surface area contributed by atoms with Crippen LogP contribution >= 0.6 is 46.0 Å². The lowest BCUT2D eigenvalue weighted by Gasteiger charge is -2.25. The Hall–Kier alpha value is 0.320. The van der Waals surface area contributed by atoms with Crippen LogP contribution < -0.4 is 0 Å². The molecule has 0 heterocycles. The molecule has 0 amide bonds. The van der Waals surface area contributed by atoms with Crippen LogP contribution in [0.2, 0.25) is 0 Å². The summed E-state index contributed by atoms with van der Waals surface area (Å²) < 4.78 is 1.04. The van der Waals surface area contributed by atoms with Gasteiger partial charge in [-0.05, 0) is 21.6 Å². The first-order valence-corrected chi connectivity index (χ1v) is 8.93. The summed E-state index contributed by atoms with van der Waals surface area (Å²) in [5.41, 5.74) is 0. The fourth-order valence-electron chi connectivity index (χ4n) is 1.25. The fourth-order valence-corrected chi connectivity index (χ4v) is 4.00. The Morgan fingerprint density at radius 2 is 0.900 bits per heavy atom. The predicted molar refractivity (Wildman–Crippen MR) is 91.9 cm³/mol. The Kier molecular flexibility index (Phi) is 13.2. The molecule has 0 aromatic rings. The van der Waals surface area contributed by atoms with Crippen LogP contribution in [-0.2, 0) is 0 Å². The van der Waals surface area contributed by atoms with Gasteiger partial charge < -0.3 is 30.2 Å². The maximum Gasteiger partial charge on any atom is 0.147 e. The molecular weight excluding hydrogens is 340 g/mol. The van der Waals surface area contributed by atoms with Crippen molar-refractivity contribution < 1.29 is 20.4 Å². The zero-order chi connectivity index (χ0) is 15.4. The molecule has 0 bridgehead atoms. The van der Waals surface area contributed by atoms with Gasteiger partial charge in [-0.3, -0.25) is 0 Å². The van der Waals surface area contributed by atoms with Crippen LogP contribution in [0.3, 0.4) is 0 Å². The molecule has 0 unspecified atom stereocenters. The van der Waals surface area contributed by atoms with Gasteiger partial charge in [0.1, 0.15) is 8.64 Å². The predicted octanol–water partition coefficient (Wildman–Crippen LogP) is -0.489. The lowest BCUT2D eigenvalue weighted by Crippen LogP contribution is -2.34. The molecule has 0 spiro atoms. The van der Waals surface area contributed by atoms with Crippen LogP contribution in [-0.4, -0.2) is 91.5 Å². The van der Waals surface area contributed by atoms with E-state index in [-0.39, 0.29) is 26.4 Å². The van der Waals surface area contributed by atoms with E-state index in [1.165, 1.54) is 21.6 Å². The number of hydrogen-bond acceptors (Lipinski definition) is 8. The van der Waals surface area contributed by atoms with Gasteiger partial charge in [-0.2, -0.15) is 0 Å². The first kappa shape index (κ1) is 20.3. The largest absolute Gasteiger partial charge is 0.395 e. The number of thiocarbonyl (C=S) groups is 2. The summed E-state index contributed by atoms with van der Waals surface area (Å²) in [6.45, 7) is 1.25. The molecule has 0 fully saturated rings. The van der Waals surface area contributed by atoms with Gasteiger partial charge in [0, 0.05) is 26.2 Å². The second-order valence-electron chi connectivity index (χ2n) is 3.57. The molecular formula is C10H20N2O4S4. The highest BCUT2D eigenvalue weighted by Crippen LogP contribution is 2.28. The molecule has 118 valence electrons. The molecule has 10 heteroatoms. The Balaban J connectivity index is 4.27. The molecule has 0 aliphatic carbocycles. The minimum atomic E-state index is -0.0447. The Morgan fingerprint density at radius 3 is 1.10 bits per heavy atom. The van der Waals surface area contributed by atoms with E-state index in [9.17, 15) is 0 Å². The van der Waals surface area contributed by atoms with Gasteiger partial charge in [0.25, 0.3) is 0 Å². The second-order valence-corrected chi connectivity index (χ2v) is 6.96. The van der Waals surface area contributed by atoms with Gasteiger partial charge in [0.15, 0.2) is 0 Å². The zero-order valence-corrected chi connectivity index (χ0v) is 14.2. The van der Waals surface area contributed by atoms with E-state index in [0.717, 1.165) is 0 Å². The SMILES string of the molecule is OCCN(CCO)C(=S)SSC(=S)N(CCO)CCO. The molecule has 0 saturated heterocycles. The molecule has 6 nitrogen and oxygen atoms in total. The third-order valence-electron chi connectivity index (χ3n) is 2.18. The summed E-state index contributed by atoms with van der Waals surface area (Å²) in [5.74, 6) is 0. The minimum absolute atomic E-state index is 0.0447. The van der Waals surface area contributed by atoms with Crippen molar-refractivity contribution in [2.75, 3.05) is 52.6 Å².